The van der Waals surface area contributed by atoms with Crippen molar-refractivity contribution in [2.24, 2.45) is 5.92 Å². The number of aliphatic hydroxyl groups is 2. The van der Waals surface area contributed by atoms with E-state index in [1.54, 1.807) is 18.2 Å². The van der Waals surface area contributed by atoms with E-state index in [4.69, 9.17) is 0 Å². The summed E-state index contributed by atoms with van der Waals surface area (Å²) in [5, 5.41) is 20.6. The summed E-state index contributed by atoms with van der Waals surface area (Å²) in [7, 11) is 0. The molecular weight excluding hydrogens is 480 g/mol. The van der Waals surface area contributed by atoms with Crippen LogP contribution in [0.4, 0.5) is 8.78 Å². The van der Waals surface area contributed by atoms with E-state index in [1.807, 2.05) is 0 Å². The molecule has 0 unspecified atom stereocenters. The molecule has 1 aliphatic carbocycles. The molecule has 1 aliphatic rings. The number of aromatic nitrogens is 1. The predicted octanol–water partition coefficient (Wildman–Crippen LogP) is 4.35. The number of carbonyl (C=O) groups excluding carboxylic acids is 2. The third-order valence-corrected chi connectivity index (χ3v) is 6.65. The molecule has 0 amide bonds. The van der Waals surface area contributed by atoms with Crippen LogP contribution in [0.25, 0.3) is 5.76 Å². The van der Waals surface area contributed by atoms with E-state index < -0.39 is 40.6 Å². The zero-order valence-electron chi connectivity index (χ0n) is 20.1. The average Bonchev–Trinajstić information content (AvgIpc) is 3.27. The van der Waals surface area contributed by atoms with Gasteiger partial charge in [-0.05, 0) is 60.6 Å². The number of benzene rings is 2. The number of rotatable bonds is 9. The Kier molecular flexibility index (Phi) is 8.08. The molecular formula is C29H27F2NO5. The highest BCUT2D eigenvalue weighted by Crippen LogP contribution is 2.28. The molecule has 192 valence electrons. The Labute approximate surface area is 212 Å². The number of halogens is 2. The Morgan fingerprint density at radius 3 is 2.43 bits per heavy atom. The number of ketones is 2. The lowest BCUT2D eigenvalue weighted by atomic mass is 9.96. The summed E-state index contributed by atoms with van der Waals surface area (Å²) in [6.07, 6.45) is 3.73. The molecule has 37 heavy (non-hydrogen) atoms. The summed E-state index contributed by atoms with van der Waals surface area (Å²) >= 11 is 0. The van der Waals surface area contributed by atoms with Crippen LogP contribution >= 0.6 is 0 Å². The van der Waals surface area contributed by atoms with Crippen molar-refractivity contribution < 1.29 is 28.6 Å². The van der Waals surface area contributed by atoms with Gasteiger partial charge in [-0.2, -0.15) is 0 Å². The van der Waals surface area contributed by atoms with Gasteiger partial charge in [0.25, 0.3) is 5.56 Å². The Morgan fingerprint density at radius 1 is 1.03 bits per heavy atom. The molecule has 1 aromatic heterocycles. The van der Waals surface area contributed by atoms with Crippen LogP contribution in [-0.4, -0.2) is 32.5 Å². The molecule has 8 heteroatoms. The topological polar surface area (TPSA) is 96.6 Å². The van der Waals surface area contributed by atoms with Crippen LogP contribution in [0.1, 0.15) is 47.9 Å². The van der Waals surface area contributed by atoms with E-state index in [2.05, 4.69) is 0 Å². The van der Waals surface area contributed by atoms with Crippen LogP contribution in [0.3, 0.4) is 0 Å². The minimum Gasteiger partial charge on any atom is -0.507 e. The van der Waals surface area contributed by atoms with Gasteiger partial charge in [0, 0.05) is 24.3 Å². The lowest BCUT2D eigenvalue weighted by Crippen LogP contribution is -2.25. The van der Waals surface area contributed by atoms with Crippen molar-refractivity contribution in [1.82, 2.24) is 4.57 Å². The summed E-state index contributed by atoms with van der Waals surface area (Å²) in [6, 6.07) is 13.1. The highest BCUT2D eigenvalue weighted by molar-refractivity contribution is 6.42. The van der Waals surface area contributed by atoms with Gasteiger partial charge in [-0.1, -0.05) is 36.8 Å². The minimum absolute atomic E-state index is 0.129. The molecule has 2 aromatic carbocycles. The van der Waals surface area contributed by atoms with Crippen LogP contribution in [0.5, 0.6) is 0 Å². The van der Waals surface area contributed by atoms with Crippen LogP contribution in [0.15, 0.2) is 71.7 Å². The monoisotopic (exact) mass is 507 g/mol. The number of allylic oxidation sites excluding steroid dienone is 1. The molecule has 1 saturated carbocycles. The van der Waals surface area contributed by atoms with Crippen molar-refractivity contribution in [2.75, 3.05) is 0 Å². The Morgan fingerprint density at radius 2 is 1.76 bits per heavy atom. The second-order valence-electron chi connectivity index (χ2n) is 9.37. The summed E-state index contributed by atoms with van der Waals surface area (Å²) in [6.45, 7) is -0.129. The normalized spacial score (nSPS) is 17.6. The van der Waals surface area contributed by atoms with Gasteiger partial charge in [0.2, 0.25) is 11.6 Å². The van der Waals surface area contributed by atoms with Gasteiger partial charge in [0.05, 0.1) is 18.2 Å². The number of hydrogen-bond acceptors (Lipinski definition) is 5. The van der Waals surface area contributed by atoms with Crippen molar-refractivity contribution in [2.45, 2.75) is 44.8 Å². The number of pyridine rings is 1. The highest BCUT2D eigenvalue weighted by atomic mass is 19.1. The minimum atomic E-state index is -0.972. The highest BCUT2D eigenvalue weighted by Gasteiger charge is 2.29. The van der Waals surface area contributed by atoms with Gasteiger partial charge < -0.3 is 14.8 Å². The first-order chi connectivity index (χ1) is 17.7. The first-order valence-electron chi connectivity index (χ1n) is 12.1. The van der Waals surface area contributed by atoms with E-state index in [0.717, 1.165) is 18.1 Å². The lowest BCUT2D eigenvalue weighted by molar-refractivity contribution is -0.134. The molecule has 0 radical (unpaired) electrons. The molecule has 3 aromatic rings. The molecule has 4 rings (SSSR count). The van der Waals surface area contributed by atoms with Crippen molar-refractivity contribution in [1.29, 1.82) is 0 Å². The molecule has 6 nitrogen and oxygen atoms in total. The maximum absolute atomic E-state index is 14.3. The molecule has 0 spiro atoms. The van der Waals surface area contributed by atoms with Gasteiger partial charge in [-0.25, -0.2) is 8.78 Å². The number of hydrogen-bond donors (Lipinski definition) is 2. The smallest absolute Gasteiger partial charge is 0.261 e. The SMILES string of the molecule is O=C(C=C(O)c1cc(Cc2ccc(F)cc2)cn(Cc2ccccc2F)c1=O)C(=O)C[C@H]1CCC[C@@H]1O. The summed E-state index contributed by atoms with van der Waals surface area (Å²) < 4.78 is 28.8. The number of carbonyl (C=O) groups is 2. The van der Waals surface area contributed by atoms with Crippen molar-refractivity contribution in [3.05, 3.63) is 111 Å². The molecule has 2 atom stereocenters. The van der Waals surface area contributed by atoms with Gasteiger partial charge >= 0.3 is 0 Å². The van der Waals surface area contributed by atoms with Crippen molar-refractivity contribution in [3.8, 4) is 0 Å². The fourth-order valence-corrected chi connectivity index (χ4v) is 4.62. The molecule has 2 N–H and O–H groups in total. The lowest BCUT2D eigenvalue weighted by Gasteiger charge is -2.13. The number of nitrogens with zero attached hydrogens (tertiary/aromatic N) is 1. The summed E-state index contributed by atoms with van der Waals surface area (Å²) in [5.41, 5.74) is 0.627. The molecule has 1 fully saturated rings. The fourth-order valence-electron chi connectivity index (χ4n) is 4.62. The van der Waals surface area contributed by atoms with E-state index in [-0.39, 0.29) is 36.4 Å². The number of Topliss-reactive ketones (excluding diaryl/α,β-unsaturated/α-hetero) is 1. The largest absolute Gasteiger partial charge is 0.507 e. The van der Waals surface area contributed by atoms with Gasteiger partial charge in [-0.3, -0.25) is 14.4 Å². The van der Waals surface area contributed by atoms with E-state index in [1.165, 1.54) is 47.2 Å². The molecule has 0 saturated heterocycles. The van der Waals surface area contributed by atoms with Gasteiger partial charge in [0.15, 0.2) is 0 Å². The van der Waals surface area contributed by atoms with E-state index >= 15 is 0 Å². The van der Waals surface area contributed by atoms with E-state index in [9.17, 15) is 33.4 Å². The third kappa shape index (κ3) is 6.46. The zero-order chi connectivity index (χ0) is 26.5. The Hall–Kier alpha value is -3.91. The maximum Gasteiger partial charge on any atom is 0.261 e. The van der Waals surface area contributed by atoms with Crippen LogP contribution < -0.4 is 5.56 Å². The Balaban J connectivity index is 1.66. The first-order valence-corrected chi connectivity index (χ1v) is 12.1. The maximum atomic E-state index is 14.3. The molecule has 1 heterocycles. The molecule has 0 aliphatic heterocycles. The summed E-state index contributed by atoms with van der Waals surface area (Å²) in [4.78, 5) is 38.1. The Bertz CT molecular complexity index is 1390. The average molecular weight is 508 g/mol. The predicted molar refractivity (Wildman–Crippen MR) is 134 cm³/mol. The van der Waals surface area contributed by atoms with E-state index in [0.29, 0.717) is 18.4 Å². The van der Waals surface area contributed by atoms with Crippen molar-refractivity contribution >= 4 is 17.3 Å². The fraction of sp³-hybridized carbons (Fsp3) is 0.276. The number of aliphatic hydroxyl groups excluding tert-OH is 2. The first kappa shape index (κ1) is 26.2. The summed E-state index contributed by atoms with van der Waals surface area (Å²) in [5.74, 6) is -3.62. The third-order valence-electron chi connectivity index (χ3n) is 6.65. The zero-order valence-corrected chi connectivity index (χ0v) is 20.1. The van der Waals surface area contributed by atoms with Crippen molar-refractivity contribution in [3.63, 3.8) is 0 Å². The second kappa shape index (κ2) is 11.4. The van der Waals surface area contributed by atoms with Gasteiger partial charge in [-0.15, -0.1) is 0 Å². The van der Waals surface area contributed by atoms with Crippen LogP contribution in [0.2, 0.25) is 0 Å². The van der Waals surface area contributed by atoms with Crippen LogP contribution in [0, 0.1) is 17.6 Å². The second-order valence-corrected chi connectivity index (χ2v) is 9.37. The van der Waals surface area contributed by atoms with Crippen LogP contribution in [-0.2, 0) is 22.6 Å². The molecule has 0 bridgehead atoms. The van der Waals surface area contributed by atoms with Gasteiger partial charge in [0.1, 0.15) is 17.4 Å². The standard InChI is InChI=1S/C29H27F2NO5/c30-22-10-8-18(9-11-22)12-19-13-23(29(37)32(16-19)17-21-4-1-2-6-24(21)31)26(34)15-28(36)27(35)14-20-5-3-7-25(20)33/h1-2,4,6,8-11,13,15-16,20,25,33-34H,3,5,7,12,14,17H2/t20-,25+/m1/s1. The quantitative estimate of drug-likeness (QED) is 0.255.